The van der Waals surface area contributed by atoms with E-state index in [1.165, 1.54) is 5.56 Å². The third kappa shape index (κ3) is 3.60. The van der Waals surface area contributed by atoms with Crippen molar-refractivity contribution < 1.29 is 4.74 Å². The topological polar surface area (TPSA) is 38.5 Å². The fraction of sp³-hybridized carbons (Fsp3) is 0.647. The maximum atomic E-state index is 6.58. The Morgan fingerprint density at radius 1 is 1.30 bits per heavy atom. The van der Waals surface area contributed by atoms with E-state index in [-0.39, 0.29) is 6.04 Å². The van der Waals surface area contributed by atoms with Crippen molar-refractivity contribution in [1.29, 1.82) is 0 Å². The largest absolute Gasteiger partial charge is 0.376 e. The molecule has 1 saturated heterocycles. The molecule has 20 heavy (non-hydrogen) atoms. The summed E-state index contributed by atoms with van der Waals surface area (Å²) in [6, 6.07) is 10.9. The number of hydrogen-bond donors (Lipinski definition) is 1. The molecule has 3 nitrogen and oxygen atoms in total. The van der Waals surface area contributed by atoms with Crippen LogP contribution in [0.25, 0.3) is 0 Å². The van der Waals surface area contributed by atoms with Gasteiger partial charge in [0.05, 0.1) is 12.7 Å². The van der Waals surface area contributed by atoms with Crippen molar-refractivity contribution in [2.45, 2.75) is 45.4 Å². The van der Waals surface area contributed by atoms with E-state index in [4.69, 9.17) is 10.5 Å². The number of morpholine rings is 1. The number of ether oxygens (including phenoxy) is 1. The first kappa shape index (κ1) is 15.5. The minimum Gasteiger partial charge on any atom is -0.376 e. The van der Waals surface area contributed by atoms with E-state index in [0.717, 1.165) is 26.1 Å². The molecule has 1 aliphatic heterocycles. The molecule has 0 radical (unpaired) electrons. The SMILES string of the molecule is CCC1CN(C(C(C)C)C(N)c2ccccc2)CCO1. The minimum absolute atomic E-state index is 0.0619. The molecule has 2 rings (SSSR count). The van der Waals surface area contributed by atoms with Gasteiger partial charge >= 0.3 is 0 Å². The molecular formula is C17H28N2O. The number of rotatable bonds is 5. The Kier molecular flexibility index (Phi) is 5.58. The van der Waals surface area contributed by atoms with Crippen LogP contribution in [-0.4, -0.2) is 36.7 Å². The van der Waals surface area contributed by atoms with Crippen LogP contribution in [0.4, 0.5) is 0 Å². The van der Waals surface area contributed by atoms with E-state index >= 15 is 0 Å². The van der Waals surface area contributed by atoms with Crippen LogP contribution in [0.5, 0.6) is 0 Å². The molecule has 1 fully saturated rings. The van der Waals surface area contributed by atoms with Gasteiger partial charge in [0.25, 0.3) is 0 Å². The Morgan fingerprint density at radius 2 is 2.00 bits per heavy atom. The summed E-state index contributed by atoms with van der Waals surface area (Å²) in [6.07, 6.45) is 1.43. The van der Waals surface area contributed by atoms with Crippen molar-refractivity contribution in [1.82, 2.24) is 4.90 Å². The van der Waals surface area contributed by atoms with Crippen molar-refractivity contribution in [2.24, 2.45) is 11.7 Å². The van der Waals surface area contributed by atoms with Gasteiger partial charge in [0.1, 0.15) is 0 Å². The summed E-state index contributed by atoms with van der Waals surface area (Å²) in [5.74, 6) is 0.529. The minimum atomic E-state index is 0.0619. The number of nitrogens with zero attached hydrogens (tertiary/aromatic N) is 1. The molecule has 0 aliphatic carbocycles. The first-order chi connectivity index (χ1) is 9.63. The zero-order valence-corrected chi connectivity index (χ0v) is 13.0. The van der Waals surface area contributed by atoms with Crippen molar-refractivity contribution in [2.75, 3.05) is 19.7 Å². The molecular weight excluding hydrogens is 248 g/mol. The molecule has 0 spiro atoms. The van der Waals surface area contributed by atoms with Gasteiger partial charge < -0.3 is 10.5 Å². The van der Waals surface area contributed by atoms with Crippen LogP contribution < -0.4 is 5.73 Å². The summed E-state index contributed by atoms with van der Waals surface area (Å²) >= 11 is 0. The lowest BCUT2D eigenvalue weighted by Crippen LogP contribution is -2.53. The van der Waals surface area contributed by atoms with Gasteiger partial charge in [-0.2, -0.15) is 0 Å². The predicted molar refractivity (Wildman–Crippen MR) is 83.6 cm³/mol. The first-order valence-corrected chi connectivity index (χ1v) is 7.79. The van der Waals surface area contributed by atoms with E-state index in [2.05, 4.69) is 49.9 Å². The molecule has 1 aromatic carbocycles. The van der Waals surface area contributed by atoms with Gasteiger partial charge in [-0.1, -0.05) is 51.1 Å². The van der Waals surface area contributed by atoms with Crippen LogP contribution in [0.1, 0.15) is 38.8 Å². The highest BCUT2D eigenvalue weighted by atomic mass is 16.5. The average molecular weight is 276 g/mol. The van der Waals surface area contributed by atoms with Crippen molar-refractivity contribution in [3.63, 3.8) is 0 Å². The van der Waals surface area contributed by atoms with Crippen LogP contribution >= 0.6 is 0 Å². The fourth-order valence-corrected chi connectivity index (χ4v) is 3.20. The zero-order valence-electron chi connectivity index (χ0n) is 13.0. The molecule has 2 N–H and O–H groups in total. The Balaban J connectivity index is 2.14. The highest BCUT2D eigenvalue weighted by Crippen LogP contribution is 2.26. The Labute approximate surface area is 123 Å². The lowest BCUT2D eigenvalue weighted by Gasteiger charge is -2.42. The highest BCUT2D eigenvalue weighted by Gasteiger charge is 2.32. The van der Waals surface area contributed by atoms with Gasteiger partial charge in [0.2, 0.25) is 0 Å². The molecule has 3 atom stereocenters. The van der Waals surface area contributed by atoms with Gasteiger partial charge in [-0.3, -0.25) is 4.90 Å². The summed E-state index contributed by atoms with van der Waals surface area (Å²) in [6.45, 7) is 9.53. The van der Waals surface area contributed by atoms with Gasteiger partial charge in [-0.05, 0) is 17.9 Å². The molecule has 1 aliphatic rings. The molecule has 0 amide bonds. The lowest BCUT2D eigenvalue weighted by molar-refractivity contribution is -0.0551. The molecule has 3 unspecified atom stereocenters. The Hall–Kier alpha value is -0.900. The smallest absolute Gasteiger partial charge is 0.0700 e. The highest BCUT2D eigenvalue weighted by molar-refractivity contribution is 5.20. The molecule has 0 bridgehead atoms. The summed E-state index contributed by atoms with van der Waals surface area (Å²) in [5, 5.41) is 0. The Morgan fingerprint density at radius 3 is 2.60 bits per heavy atom. The number of hydrogen-bond acceptors (Lipinski definition) is 3. The van der Waals surface area contributed by atoms with E-state index in [1.54, 1.807) is 0 Å². The molecule has 3 heteroatoms. The molecule has 112 valence electrons. The van der Waals surface area contributed by atoms with Crippen LogP contribution in [0.15, 0.2) is 30.3 Å². The summed E-state index contributed by atoms with van der Waals surface area (Å²) in [7, 11) is 0. The molecule has 0 saturated carbocycles. The fourth-order valence-electron chi connectivity index (χ4n) is 3.20. The zero-order chi connectivity index (χ0) is 14.5. The first-order valence-electron chi connectivity index (χ1n) is 7.79. The normalized spacial score (nSPS) is 23.8. The standard InChI is InChI=1S/C17H28N2O/c1-4-15-12-19(10-11-20-15)17(13(2)3)16(18)14-8-6-5-7-9-14/h5-9,13,15-17H,4,10-12,18H2,1-3H3. The second kappa shape index (κ2) is 7.21. The third-order valence-electron chi connectivity index (χ3n) is 4.28. The van der Waals surface area contributed by atoms with Gasteiger partial charge in [0, 0.05) is 25.2 Å². The van der Waals surface area contributed by atoms with Crippen molar-refractivity contribution in [3.05, 3.63) is 35.9 Å². The lowest BCUT2D eigenvalue weighted by atomic mass is 9.89. The van der Waals surface area contributed by atoms with Crippen LogP contribution in [0, 0.1) is 5.92 Å². The van der Waals surface area contributed by atoms with E-state index in [9.17, 15) is 0 Å². The maximum Gasteiger partial charge on any atom is 0.0700 e. The second-order valence-corrected chi connectivity index (χ2v) is 6.07. The molecule has 0 aromatic heterocycles. The molecule has 1 heterocycles. The maximum absolute atomic E-state index is 6.58. The monoisotopic (exact) mass is 276 g/mol. The number of nitrogens with two attached hydrogens (primary N) is 1. The van der Waals surface area contributed by atoms with Crippen LogP contribution in [0.3, 0.4) is 0 Å². The second-order valence-electron chi connectivity index (χ2n) is 6.07. The third-order valence-corrected chi connectivity index (χ3v) is 4.28. The van der Waals surface area contributed by atoms with Gasteiger partial charge in [-0.15, -0.1) is 0 Å². The number of benzene rings is 1. The van der Waals surface area contributed by atoms with Crippen molar-refractivity contribution >= 4 is 0 Å². The van der Waals surface area contributed by atoms with Gasteiger partial charge in [-0.25, -0.2) is 0 Å². The predicted octanol–water partition coefficient (Wildman–Crippen LogP) is 2.82. The quantitative estimate of drug-likeness (QED) is 0.898. The van der Waals surface area contributed by atoms with E-state index in [1.807, 2.05) is 6.07 Å². The summed E-state index contributed by atoms with van der Waals surface area (Å²) < 4.78 is 5.79. The molecule has 1 aromatic rings. The van der Waals surface area contributed by atoms with Crippen molar-refractivity contribution in [3.8, 4) is 0 Å². The van der Waals surface area contributed by atoms with E-state index < -0.39 is 0 Å². The van der Waals surface area contributed by atoms with Crippen LogP contribution in [0.2, 0.25) is 0 Å². The Bertz CT molecular complexity index is 393. The van der Waals surface area contributed by atoms with Gasteiger partial charge in [0.15, 0.2) is 0 Å². The average Bonchev–Trinajstić information content (AvgIpc) is 2.48. The summed E-state index contributed by atoms with van der Waals surface area (Å²) in [5.41, 5.74) is 7.80. The van der Waals surface area contributed by atoms with E-state index in [0.29, 0.717) is 18.1 Å². The summed E-state index contributed by atoms with van der Waals surface area (Å²) in [4.78, 5) is 2.53. The van der Waals surface area contributed by atoms with Crippen LogP contribution in [-0.2, 0) is 4.74 Å².